The lowest BCUT2D eigenvalue weighted by atomic mass is 10.3. The Labute approximate surface area is 120 Å². The van der Waals surface area contributed by atoms with E-state index in [9.17, 15) is 4.39 Å². The summed E-state index contributed by atoms with van der Waals surface area (Å²) < 4.78 is 19.6. The van der Waals surface area contributed by atoms with Crippen LogP contribution in [-0.2, 0) is 0 Å². The first-order chi connectivity index (χ1) is 9.81. The van der Waals surface area contributed by atoms with E-state index in [4.69, 9.17) is 4.74 Å². The Hall–Kier alpha value is -2.14. The number of ether oxygens (including phenoxy) is 1. The third-order valence-electron chi connectivity index (χ3n) is 2.74. The summed E-state index contributed by atoms with van der Waals surface area (Å²) in [6.07, 6.45) is 0. The van der Waals surface area contributed by atoms with Crippen molar-refractivity contribution in [2.45, 2.75) is 0 Å². The smallest absolute Gasteiger partial charge is 0.183 e. The van der Waals surface area contributed by atoms with Gasteiger partial charge in [-0.25, -0.2) is 9.37 Å². The minimum atomic E-state index is -0.262. The van der Waals surface area contributed by atoms with Gasteiger partial charge in [-0.05, 0) is 24.3 Å². The standard InChI is InChI=1S/C15H13FN2OS/c16-11-6-7-14-13(10-11)18-15(20-14)17-8-9-19-12-4-2-1-3-5-12/h1-7,10H,8-9H2,(H,17,18). The molecule has 0 aliphatic heterocycles. The number of anilines is 1. The van der Waals surface area contributed by atoms with Gasteiger partial charge in [0.15, 0.2) is 5.13 Å². The number of nitrogens with zero attached hydrogens (tertiary/aromatic N) is 1. The van der Waals surface area contributed by atoms with Gasteiger partial charge in [-0.1, -0.05) is 29.5 Å². The second-order valence-electron chi connectivity index (χ2n) is 4.22. The number of halogens is 1. The first-order valence-corrected chi connectivity index (χ1v) is 7.11. The highest BCUT2D eigenvalue weighted by Gasteiger charge is 2.04. The molecule has 0 saturated carbocycles. The van der Waals surface area contributed by atoms with Crippen molar-refractivity contribution in [3.63, 3.8) is 0 Å². The third-order valence-corrected chi connectivity index (χ3v) is 3.73. The Morgan fingerprint density at radius 2 is 2.00 bits per heavy atom. The predicted molar refractivity (Wildman–Crippen MR) is 80.0 cm³/mol. The SMILES string of the molecule is Fc1ccc2sc(NCCOc3ccccc3)nc2c1. The Morgan fingerprint density at radius 1 is 1.15 bits per heavy atom. The Kier molecular flexibility index (Phi) is 3.78. The molecule has 1 aromatic heterocycles. The van der Waals surface area contributed by atoms with E-state index in [1.54, 1.807) is 6.07 Å². The van der Waals surface area contributed by atoms with E-state index < -0.39 is 0 Å². The van der Waals surface area contributed by atoms with Crippen molar-refractivity contribution in [1.29, 1.82) is 0 Å². The Morgan fingerprint density at radius 3 is 2.85 bits per heavy atom. The molecule has 0 atom stereocenters. The number of hydrogen-bond donors (Lipinski definition) is 1. The fourth-order valence-electron chi connectivity index (χ4n) is 1.82. The Bertz CT molecular complexity index is 699. The molecular weight excluding hydrogens is 275 g/mol. The molecule has 0 aliphatic rings. The highest BCUT2D eigenvalue weighted by molar-refractivity contribution is 7.22. The number of para-hydroxylation sites is 1. The minimum Gasteiger partial charge on any atom is -0.492 e. The third kappa shape index (κ3) is 3.05. The molecule has 0 fully saturated rings. The van der Waals surface area contributed by atoms with Crippen LogP contribution >= 0.6 is 11.3 Å². The number of hydrogen-bond acceptors (Lipinski definition) is 4. The zero-order valence-corrected chi connectivity index (χ0v) is 11.5. The molecule has 3 nitrogen and oxygen atoms in total. The van der Waals surface area contributed by atoms with Gasteiger partial charge in [0, 0.05) is 6.07 Å². The van der Waals surface area contributed by atoms with Crippen LogP contribution in [0.15, 0.2) is 48.5 Å². The largest absolute Gasteiger partial charge is 0.492 e. The first-order valence-electron chi connectivity index (χ1n) is 6.29. The maximum atomic E-state index is 13.1. The summed E-state index contributed by atoms with van der Waals surface area (Å²) in [5.41, 5.74) is 0.682. The van der Waals surface area contributed by atoms with E-state index in [1.165, 1.54) is 23.5 Å². The van der Waals surface area contributed by atoms with Crippen molar-refractivity contribution in [2.24, 2.45) is 0 Å². The van der Waals surface area contributed by atoms with Crippen molar-refractivity contribution < 1.29 is 9.13 Å². The monoisotopic (exact) mass is 288 g/mol. The lowest BCUT2D eigenvalue weighted by Gasteiger charge is -2.05. The van der Waals surface area contributed by atoms with Crippen LogP contribution in [-0.4, -0.2) is 18.1 Å². The number of fused-ring (bicyclic) bond motifs is 1. The van der Waals surface area contributed by atoms with E-state index in [0.29, 0.717) is 18.7 Å². The van der Waals surface area contributed by atoms with Crippen LogP contribution in [0.1, 0.15) is 0 Å². The molecule has 0 saturated heterocycles. The van der Waals surface area contributed by atoms with Gasteiger partial charge < -0.3 is 10.1 Å². The molecule has 0 bridgehead atoms. The summed E-state index contributed by atoms with van der Waals surface area (Å²) in [7, 11) is 0. The molecule has 2 aromatic carbocycles. The average molecular weight is 288 g/mol. The van der Waals surface area contributed by atoms with Crippen molar-refractivity contribution in [3.8, 4) is 5.75 Å². The van der Waals surface area contributed by atoms with E-state index in [2.05, 4.69) is 10.3 Å². The van der Waals surface area contributed by atoms with E-state index in [0.717, 1.165) is 15.6 Å². The molecule has 5 heteroatoms. The summed E-state index contributed by atoms with van der Waals surface area (Å²) in [4.78, 5) is 4.33. The van der Waals surface area contributed by atoms with E-state index in [-0.39, 0.29) is 5.82 Å². The molecule has 3 rings (SSSR count). The lowest BCUT2D eigenvalue weighted by Crippen LogP contribution is -2.11. The van der Waals surface area contributed by atoms with Crippen LogP contribution in [0.4, 0.5) is 9.52 Å². The number of benzene rings is 2. The van der Waals surface area contributed by atoms with Gasteiger partial charge in [-0.3, -0.25) is 0 Å². The summed E-state index contributed by atoms with van der Waals surface area (Å²) in [5.74, 6) is 0.586. The highest BCUT2D eigenvalue weighted by atomic mass is 32.1. The van der Waals surface area contributed by atoms with Gasteiger partial charge in [-0.2, -0.15) is 0 Å². The number of thiazole rings is 1. The van der Waals surface area contributed by atoms with Crippen LogP contribution in [0.2, 0.25) is 0 Å². The van der Waals surface area contributed by atoms with Gasteiger partial charge in [0.05, 0.1) is 16.8 Å². The summed E-state index contributed by atoms with van der Waals surface area (Å²) in [6, 6.07) is 14.3. The molecule has 0 unspecified atom stereocenters. The second-order valence-corrected chi connectivity index (χ2v) is 5.25. The van der Waals surface area contributed by atoms with Gasteiger partial charge in [0.2, 0.25) is 0 Å². The summed E-state index contributed by atoms with van der Waals surface area (Å²) in [6.45, 7) is 1.20. The predicted octanol–water partition coefficient (Wildman–Crippen LogP) is 3.93. The quantitative estimate of drug-likeness (QED) is 0.722. The van der Waals surface area contributed by atoms with E-state index in [1.807, 2.05) is 30.3 Å². The van der Waals surface area contributed by atoms with Crippen LogP contribution < -0.4 is 10.1 Å². The minimum absolute atomic E-state index is 0.262. The van der Waals surface area contributed by atoms with Crippen molar-refractivity contribution >= 4 is 26.7 Å². The maximum absolute atomic E-state index is 13.1. The molecule has 0 amide bonds. The molecule has 1 heterocycles. The second kappa shape index (κ2) is 5.88. The van der Waals surface area contributed by atoms with Crippen LogP contribution in [0.3, 0.4) is 0 Å². The number of nitrogens with one attached hydrogen (secondary N) is 1. The van der Waals surface area contributed by atoms with Crippen LogP contribution in [0.5, 0.6) is 5.75 Å². The highest BCUT2D eigenvalue weighted by Crippen LogP contribution is 2.26. The fraction of sp³-hybridized carbons (Fsp3) is 0.133. The first kappa shape index (κ1) is 12.9. The van der Waals surface area contributed by atoms with Gasteiger partial charge >= 0.3 is 0 Å². The lowest BCUT2D eigenvalue weighted by molar-refractivity contribution is 0.333. The van der Waals surface area contributed by atoms with E-state index >= 15 is 0 Å². The number of aromatic nitrogens is 1. The molecule has 0 spiro atoms. The topological polar surface area (TPSA) is 34.1 Å². The van der Waals surface area contributed by atoms with Crippen LogP contribution in [0.25, 0.3) is 10.2 Å². The van der Waals surface area contributed by atoms with Crippen LogP contribution in [0, 0.1) is 5.82 Å². The van der Waals surface area contributed by atoms with Crippen molar-refractivity contribution in [3.05, 3.63) is 54.3 Å². The molecular formula is C15H13FN2OS. The molecule has 1 N–H and O–H groups in total. The molecule has 3 aromatic rings. The number of rotatable bonds is 5. The van der Waals surface area contributed by atoms with Gasteiger partial charge in [-0.15, -0.1) is 0 Å². The fourth-order valence-corrected chi connectivity index (χ4v) is 2.69. The average Bonchev–Trinajstić information content (AvgIpc) is 2.86. The zero-order chi connectivity index (χ0) is 13.8. The van der Waals surface area contributed by atoms with Crippen molar-refractivity contribution in [2.75, 3.05) is 18.5 Å². The molecule has 0 radical (unpaired) electrons. The van der Waals surface area contributed by atoms with Gasteiger partial charge in [0.1, 0.15) is 18.2 Å². The molecule has 102 valence electrons. The maximum Gasteiger partial charge on any atom is 0.183 e. The summed E-state index contributed by atoms with van der Waals surface area (Å²) >= 11 is 1.51. The zero-order valence-electron chi connectivity index (χ0n) is 10.7. The normalized spacial score (nSPS) is 10.7. The Balaban J connectivity index is 1.55. The van der Waals surface area contributed by atoms with Gasteiger partial charge in [0.25, 0.3) is 0 Å². The molecule has 20 heavy (non-hydrogen) atoms. The summed E-state index contributed by atoms with van der Waals surface area (Å²) in [5, 5.41) is 3.96. The molecule has 0 aliphatic carbocycles. The van der Waals surface area contributed by atoms with Crippen molar-refractivity contribution in [1.82, 2.24) is 4.98 Å².